The van der Waals surface area contributed by atoms with Gasteiger partial charge in [0.25, 0.3) is 10.1 Å². The number of aliphatic hydroxyl groups is 1. The average Bonchev–Trinajstić information content (AvgIpc) is 2.02. The predicted molar refractivity (Wildman–Crippen MR) is 51.0 cm³/mol. The molecule has 1 heterocycles. The summed E-state index contributed by atoms with van der Waals surface area (Å²) in [7, 11) is -4.11. The summed E-state index contributed by atoms with van der Waals surface area (Å²) in [6, 6.07) is 5.34. The number of pyridine rings is 1. The standard InChI is InChI=1S/C8H11NO4S.H2O/c10-8(7-14(11,12)13)6-9-4-2-1-3-5-9;/h1-5,8,10H,6-7H2;1H2. The molecule has 3 N–H and O–H groups in total. The summed E-state index contributed by atoms with van der Waals surface area (Å²) in [6.45, 7) is 0.140. The lowest BCUT2D eigenvalue weighted by molar-refractivity contribution is -0.703. The molecule has 0 radical (unpaired) electrons. The van der Waals surface area contributed by atoms with E-state index in [1.54, 1.807) is 29.1 Å². The second-order valence-electron chi connectivity index (χ2n) is 2.97. The van der Waals surface area contributed by atoms with Gasteiger partial charge in [-0.1, -0.05) is 6.07 Å². The lowest BCUT2D eigenvalue weighted by atomic mass is 10.4. The minimum Gasteiger partial charge on any atom is -0.870 e. The number of aliphatic hydroxyl groups excluding tert-OH is 1. The van der Waals surface area contributed by atoms with Crippen LogP contribution in [0, 0.1) is 0 Å². The Bertz CT molecular complexity index is 377. The minimum absolute atomic E-state index is 0. The van der Waals surface area contributed by atoms with Crippen LogP contribution in [0.5, 0.6) is 0 Å². The van der Waals surface area contributed by atoms with Crippen molar-refractivity contribution < 1.29 is 28.1 Å². The highest BCUT2D eigenvalue weighted by molar-refractivity contribution is 7.85. The average molecular weight is 235 g/mol. The molecule has 0 amide bonds. The summed E-state index contributed by atoms with van der Waals surface area (Å²) in [4.78, 5) is 0. The second-order valence-corrected chi connectivity index (χ2v) is 4.47. The van der Waals surface area contributed by atoms with E-state index in [4.69, 9.17) is 4.55 Å². The quantitative estimate of drug-likeness (QED) is 0.516. The molecule has 15 heavy (non-hydrogen) atoms. The summed E-state index contributed by atoms with van der Waals surface area (Å²) in [5.41, 5.74) is 0. The van der Waals surface area contributed by atoms with E-state index in [0.29, 0.717) is 0 Å². The predicted octanol–water partition coefficient (Wildman–Crippen LogP) is -0.954. The van der Waals surface area contributed by atoms with Gasteiger partial charge in [-0.3, -0.25) is 4.55 Å². The zero-order valence-electron chi connectivity index (χ0n) is 7.89. The molecule has 0 fully saturated rings. The van der Waals surface area contributed by atoms with Gasteiger partial charge in [-0.2, -0.15) is 8.42 Å². The summed E-state index contributed by atoms with van der Waals surface area (Å²) in [6.07, 6.45) is 2.30. The van der Waals surface area contributed by atoms with Gasteiger partial charge in [0, 0.05) is 12.1 Å². The maximum atomic E-state index is 10.4. The normalized spacial score (nSPS) is 12.9. The Hall–Kier alpha value is -1.02. The summed E-state index contributed by atoms with van der Waals surface area (Å²) in [5.74, 6) is -0.644. The van der Waals surface area contributed by atoms with Crippen LogP contribution in [-0.2, 0) is 16.7 Å². The van der Waals surface area contributed by atoms with E-state index < -0.39 is 22.0 Å². The minimum atomic E-state index is -4.11. The molecule has 0 aromatic carbocycles. The molecular formula is C8H13NO5S. The monoisotopic (exact) mass is 235 g/mol. The van der Waals surface area contributed by atoms with Crippen molar-refractivity contribution in [2.45, 2.75) is 12.6 Å². The number of aromatic nitrogens is 1. The van der Waals surface area contributed by atoms with Crippen molar-refractivity contribution >= 4 is 10.1 Å². The number of nitrogens with zero attached hydrogens (tertiary/aromatic N) is 1. The van der Waals surface area contributed by atoms with Crippen molar-refractivity contribution in [3.8, 4) is 0 Å². The first-order valence-electron chi connectivity index (χ1n) is 4.05. The lowest BCUT2D eigenvalue weighted by Gasteiger charge is -2.03. The first-order valence-corrected chi connectivity index (χ1v) is 5.65. The third kappa shape index (κ3) is 6.13. The van der Waals surface area contributed by atoms with Gasteiger partial charge < -0.3 is 10.6 Å². The maximum absolute atomic E-state index is 10.4. The molecule has 0 aliphatic rings. The van der Waals surface area contributed by atoms with E-state index in [0.717, 1.165) is 0 Å². The molecule has 0 saturated heterocycles. The van der Waals surface area contributed by atoms with Gasteiger partial charge in [-0.05, 0) is 0 Å². The van der Waals surface area contributed by atoms with Crippen LogP contribution in [0.1, 0.15) is 0 Å². The number of rotatable bonds is 4. The third-order valence-corrected chi connectivity index (χ3v) is 2.41. The van der Waals surface area contributed by atoms with E-state index in [2.05, 4.69) is 0 Å². The lowest BCUT2D eigenvalue weighted by Crippen LogP contribution is -2.41. The van der Waals surface area contributed by atoms with E-state index in [1.165, 1.54) is 0 Å². The first-order chi connectivity index (χ1) is 6.47. The number of hydrogen-bond donors (Lipinski definition) is 2. The Balaban J connectivity index is 0.00000196. The molecular weight excluding hydrogens is 222 g/mol. The van der Waals surface area contributed by atoms with Gasteiger partial charge >= 0.3 is 0 Å². The molecule has 0 aliphatic carbocycles. The van der Waals surface area contributed by atoms with Crippen LogP contribution in [0.4, 0.5) is 0 Å². The summed E-state index contributed by atoms with van der Waals surface area (Å²) < 4.78 is 30.9. The topological polar surface area (TPSA) is 108 Å². The maximum Gasteiger partial charge on any atom is 0.267 e. The van der Waals surface area contributed by atoms with Crippen molar-refractivity contribution in [3.63, 3.8) is 0 Å². The van der Waals surface area contributed by atoms with Gasteiger partial charge in [0.15, 0.2) is 18.9 Å². The van der Waals surface area contributed by atoms with Crippen molar-refractivity contribution in [1.29, 1.82) is 0 Å². The number of hydrogen-bond acceptors (Lipinski definition) is 4. The second kappa shape index (κ2) is 5.76. The first kappa shape index (κ1) is 14.0. The fourth-order valence-corrected chi connectivity index (χ4v) is 1.69. The summed E-state index contributed by atoms with van der Waals surface area (Å²) >= 11 is 0. The Morgan fingerprint density at radius 2 is 1.73 bits per heavy atom. The molecule has 6 nitrogen and oxygen atoms in total. The van der Waals surface area contributed by atoms with Crippen LogP contribution in [0.2, 0.25) is 0 Å². The smallest absolute Gasteiger partial charge is 0.267 e. The van der Waals surface area contributed by atoms with Crippen LogP contribution in [-0.4, -0.2) is 35.4 Å². The van der Waals surface area contributed by atoms with Crippen molar-refractivity contribution in [2.75, 3.05) is 5.75 Å². The van der Waals surface area contributed by atoms with E-state index in [-0.39, 0.29) is 12.0 Å². The third-order valence-electron chi connectivity index (χ3n) is 1.60. The van der Waals surface area contributed by atoms with Crippen LogP contribution in [0.15, 0.2) is 30.6 Å². The Labute approximate surface area is 87.9 Å². The Morgan fingerprint density at radius 1 is 1.20 bits per heavy atom. The molecule has 1 aromatic heterocycles. The van der Waals surface area contributed by atoms with Gasteiger partial charge in [0.2, 0.25) is 0 Å². The Morgan fingerprint density at radius 3 is 2.20 bits per heavy atom. The fourth-order valence-electron chi connectivity index (χ4n) is 1.10. The highest BCUT2D eigenvalue weighted by atomic mass is 32.2. The van der Waals surface area contributed by atoms with Gasteiger partial charge in [-0.15, -0.1) is 0 Å². The Kier molecular flexibility index (Phi) is 5.37. The van der Waals surface area contributed by atoms with Gasteiger partial charge in [0.1, 0.15) is 11.9 Å². The van der Waals surface area contributed by atoms with Crippen molar-refractivity contribution in [3.05, 3.63) is 30.6 Å². The SMILES string of the molecule is O=S(=O)(O)CC(O)C[n+]1ccccc1.[OH-]. The van der Waals surface area contributed by atoms with E-state index in [1.807, 2.05) is 6.07 Å². The molecule has 1 rings (SSSR count). The zero-order chi connectivity index (χ0) is 10.6. The van der Waals surface area contributed by atoms with E-state index >= 15 is 0 Å². The van der Waals surface area contributed by atoms with Crippen molar-refractivity contribution in [1.82, 2.24) is 0 Å². The van der Waals surface area contributed by atoms with Crippen LogP contribution < -0.4 is 4.57 Å². The molecule has 0 spiro atoms. The largest absolute Gasteiger partial charge is 0.870 e. The molecule has 1 unspecified atom stereocenters. The van der Waals surface area contributed by atoms with Crippen LogP contribution in [0.3, 0.4) is 0 Å². The molecule has 86 valence electrons. The highest BCUT2D eigenvalue weighted by Crippen LogP contribution is 1.90. The van der Waals surface area contributed by atoms with Gasteiger partial charge in [0.05, 0.1) is 0 Å². The van der Waals surface area contributed by atoms with Gasteiger partial charge in [-0.25, -0.2) is 4.57 Å². The van der Waals surface area contributed by atoms with Crippen molar-refractivity contribution in [2.24, 2.45) is 0 Å². The molecule has 0 bridgehead atoms. The summed E-state index contributed by atoms with van der Waals surface area (Å²) in [5, 5.41) is 9.28. The van der Waals surface area contributed by atoms with Crippen LogP contribution in [0.25, 0.3) is 0 Å². The highest BCUT2D eigenvalue weighted by Gasteiger charge is 2.17. The molecule has 1 atom stereocenters. The zero-order valence-corrected chi connectivity index (χ0v) is 8.71. The molecule has 7 heteroatoms. The molecule has 1 aromatic rings. The van der Waals surface area contributed by atoms with E-state index in [9.17, 15) is 13.5 Å². The fraction of sp³-hybridized carbons (Fsp3) is 0.375. The van der Waals surface area contributed by atoms with Crippen LogP contribution >= 0.6 is 0 Å². The molecule has 0 aliphatic heterocycles. The molecule has 0 saturated carbocycles.